The minimum absolute atomic E-state index is 0.0631. The van der Waals surface area contributed by atoms with Crippen LogP contribution in [0.2, 0.25) is 0 Å². The Bertz CT molecular complexity index is 3930. The smallest absolute Gasteiger partial charge is 0.160 e. The standard InChI is InChI=1S/C64H45N3S/c1-4-15-41(16-5-1)42-25-27-44(28-26-42)63-65-57(43-17-6-2-7-18-43)40-58(66-63)47-20-14-19-45(35-47)46-29-32-59-53(36-46)54-38-56-52(49-21-8-10-23-55(49)64(56)33-12-3-13-34-64)39-60(54)67(59)48-30-31-51-50-22-9-11-24-61(50)68-62(51)37-48/h1-2,4-11,14-32,35-40H,3,12-13,33-34H2. The second kappa shape index (κ2) is 15.6. The van der Waals surface area contributed by atoms with Crippen LogP contribution in [0.1, 0.15) is 43.2 Å². The van der Waals surface area contributed by atoms with Crippen molar-refractivity contribution in [1.29, 1.82) is 0 Å². The Kier molecular flexibility index (Phi) is 9.00. The molecule has 0 atom stereocenters. The first-order chi connectivity index (χ1) is 33.6. The number of hydrogen-bond acceptors (Lipinski definition) is 3. The molecule has 2 aliphatic carbocycles. The van der Waals surface area contributed by atoms with E-state index in [9.17, 15) is 0 Å². The van der Waals surface area contributed by atoms with Gasteiger partial charge in [-0.15, -0.1) is 11.3 Å². The van der Waals surface area contributed by atoms with E-state index in [0.717, 1.165) is 33.6 Å². The Hall–Kier alpha value is -7.92. The highest BCUT2D eigenvalue weighted by Gasteiger charge is 2.44. The fourth-order valence-electron chi connectivity index (χ4n) is 11.8. The fourth-order valence-corrected chi connectivity index (χ4v) is 12.9. The molecule has 3 heterocycles. The number of rotatable bonds is 6. The Morgan fingerprint density at radius 2 is 1.00 bits per heavy atom. The molecule has 68 heavy (non-hydrogen) atoms. The van der Waals surface area contributed by atoms with Crippen LogP contribution in [0.3, 0.4) is 0 Å². The zero-order chi connectivity index (χ0) is 44.8. The molecule has 0 saturated heterocycles. The normalized spacial score (nSPS) is 14.0. The lowest BCUT2D eigenvalue weighted by atomic mass is 9.68. The van der Waals surface area contributed by atoms with Crippen LogP contribution in [0.4, 0.5) is 0 Å². The van der Waals surface area contributed by atoms with Gasteiger partial charge in [-0.05, 0) is 112 Å². The van der Waals surface area contributed by atoms with Crippen molar-refractivity contribution < 1.29 is 0 Å². The van der Waals surface area contributed by atoms with Crippen LogP contribution >= 0.6 is 11.3 Å². The summed E-state index contributed by atoms with van der Waals surface area (Å²) >= 11 is 1.88. The molecule has 0 N–H and O–H groups in total. The molecule has 2 aliphatic rings. The average molecular weight is 888 g/mol. The van der Waals surface area contributed by atoms with E-state index < -0.39 is 0 Å². The first-order valence-corrected chi connectivity index (χ1v) is 24.8. The van der Waals surface area contributed by atoms with Gasteiger partial charge in [-0.25, -0.2) is 9.97 Å². The summed E-state index contributed by atoms with van der Waals surface area (Å²) in [5, 5.41) is 5.24. The van der Waals surface area contributed by atoms with Gasteiger partial charge in [0.05, 0.1) is 22.4 Å². The second-order valence-corrected chi connectivity index (χ2v) is 19.9. The Morgan fingerprint density at radius 3 is 1.84 bits per heavy atom. The summed E-state index contributed by atoms with van der Waals surface area (Å²) in [6, 6.07) is 78.0. The summed E-state index contributed by atoms with van der Waals surface area (Å²) in [6.45, 7) is 0. The summed E-state index contributed by atoms with van der Waals surface area (Å²) in [7, 11) is 0. The van der Waals surface area contributed by atoms with E-state index in [0.29, 0.717) is 5.82 Å². The molecule has 12 aromatic rings. The average Bonchev–Trinajstić information content (AvgIpc) is 4.03. The van der Waals surface area contributed by atoms with E-state index in [4.69, 9.17) is 9.97 Å². The van der Waals surface area contributed by atoms with Gasteiger partial charge in [0.2, 0.25) is 0 Å². The predicted molar refractivity (Wildman–Crippen MR) is 286 cm³/mol. The highest BCUT2D eigenvalue weighted by atomic mass is 32.1. The number of thiophene rings is 1. The van der Waals surface area contributed by atoms with Crippen LogP contribution in [0.25, 0.3) is 115 Å². The first kappa shape index (κ1) is 39.3. The van der Waals surface area contributed by atoms with E-state index in [2.05, 4.69) is 217 Å². The molecular weight excluding hydrogens is 843 g/mol. The molecule has 0 amide bonds. The maximum absolute atomic E-state index is 5.28. The summed E-state index contributed by atoms with van der Waals surface area (Å²) in [5.74, 6) is 0.708. The van der Waals surface area contributed by atoms with Crippen molar-refractivity contribution in [2.24, 2.45) is 0 Å². The van der Waals surface area contributed by atoms with Gasteiger partial charge in [0.15, 0.2) is 5.82 Å². The third kappa shape index (κ3) is 6.24. The molecule has 0 aliphatic heterocycles. The molecule has 0 radical (unpaired) electrons. The molecule has 3 aromatic heterocycles. The molecule has 3 nitrogen and oxygen atoms in total. The lowest BCUT2D eigenvalue weighted by molar-refractivity contribution is 0.353. The lowest BCUT2D eigenvalue weighted by Crippen LogP contribution is -2.27. The monoisotopic (exact) mass is 887 g/mol. The van der Waals surface area contributed by atoms with Gasteiger partial charge in [0, 0.05) is 58.7 Å². The predicted octanol–water partition coefficient (Wildman–Crippen LogP) is 17.5. The summed E-state index contributed by atoms with van der Waals surface area (Å²) in [4.78, 5) is 10.4. The second-order valence-electron chi connectivity index (χ2n) is 18.8. The third-order valence-corrected chi connectivity index (χ3v) is 16.2. The van der Waals surface area contributed by atoms with Crippen LogP contribution in [0.15, 0.2) is 212 Å². The van der Waals surface area contributed by atoms with Crippen LogP contribution < -0.4 is 0 Å². The van der Waals surface area contributed by atoms with Crippen LogP contribution in [0.5, 0.6) is 0 Å². The number of hydrogen-bond donors (Lipinski definition) is 0. The maximum atomic E-state index is 5.28. The number of fused-ring (bicyclic) bond motifs is 11. The van der Waals surface area contributed by atoms with Crippen molar-refractivity contribution in [3.05, 3.63) is 223 Å². The van der Waals surface area contributed by atoms with Crippen molar-refractivity contribution >= 4 is 53.3 Å². The molecule has 1 spiro atoms. The number of benzene rings is 9. The van der Waals surface area contributed by atoms with Crippen LogP contribution in [-0.4, -0.2) is 14.5 Å². The molecule has 1 fully saturated rings. The zero-order valence-corrected chi connectivity index (χ0v) is 38.3. The van der Waals surface area contributed by atoms with Gasteiger partial charge < -0.3 is 4.57 Å². The van der Waals surface area contributed by atoms with Crippen molar-refractivity contribution in [1.82, 2.24) is 14.5 Å². The molecule has 9 aromatic carbocycles. The van der Waals surface area contributed by atoms with Crippen LogP contribution in [0, 0.1) is 0 Å². The van der Waals surface area contributed by atoms with Gasteiger partial charge in [0.25, 0.3) is 0 Å². The molecular formula is C64H45N3S. The van der Waals surface area contributed by atoms with Crippen molar-refractivity contribution in [3.63, 3.8) is 0 Å². The summed E-state index contributed by atoms with van der Waals surface area (Å²) in [6.07, 6.45) is 6.26. The number of nitrogens with zero attached hydrogens (tertiary/aromatic N) is 3. The minimum Gasteiger partial charge on any atom is -0.309 e. The maximum Gasteiger partial charge on any atom is 0.160 e. The van der Waals surface area contributed by atoms with E-state index in [1.54, 1.807) is 0 Å². The van der Waals surface area contributed by atoms with E-state index in [1.165, 1.54) is 119 Å². The summed E-state index contributed by atoms with van der Waals surface area (Å²) < 4.78 is 5.17. The van der Waals surface area contributed by atoms with Crippen LogP contribution in [-0.2, 0) is 5.41 Å². The number of aromatic nitrogens is 3. The van der Waals surface area contributed by atoms with Gasteiger partial charge in [0.1, 0.15) is 0 Å². The van der Waals surface area contributed by atoms with Gasteiger partial charge >= 0.3 is 0 Å². The summed E-state index contributed by atoms with van der Waals surface area (Å²) in [5.41, 5.74) is 19.2. The van der Waals surface area contributed by atoms with Crippen molar-refractivity contribution in [2.75, 3.05) is 0 Å². The highest BCUT2D eigenvalue weighted by Crippen LogP contribution is 2.57. The van der Waals surface area contributed by atoms with E-state index in [1.807, 2.05) is 11.3 Å². The minimum atomic E-state index is 0.0631. The van der Waals surface area contributed by atoms with Gasteiger partial charge in [-0.3, -0.25) is 0 Å². The zero-order valence-electron chi connectivity index (χ0n) is 37.5. The lowest BCUT2D eigenvalue weighted by Gasteiger charge is -2.36. The molecule has 4 heteroatoms. The highest BCUT2D eigenvalue weighted by molar-refractivity contribution is 7.25. The Morgan fingerprint density at radius 1 is 0.368 bits per heavy atom. The van der Waals surface area contributed by atoms with Gasteiger partial charge in [-0.2, -0.15) is 0 Å². The largest absolute Gasteiger partial charge is 0.309 e. The fraction of sp³-hybridized carbons (Fsp3) is 0.0938. The Balaban J connectivity index is 0.933. The van der Waals surface area contributed by atoms with E-state index >= 15 is 0 Å². The molecule has 0 bridgehead atoms. The molecule has 322 valence electrons. The van der Waals surface area contributed by atoms with Crippen molar-refractivity contribution in [2.45, 2.75) is 37.5 Å². The Labute approximate surface area is 399 Å². The van der Waals surface area contributed by atoms with E-state index in [-0.39, 0.29) is 5.41 Å². The quantitative estimate of drug-likeness (QED) is 0.167. The topological polar surface area (TPSA) is 30.7 Å². The molecule has 0 unspecified atom stereocenters. The molecule has 1 saturated carbocycles. The van der Waals surface area contributed by atoms with Crippen molar-refractivity contribution in [3.8, 4) is 73.0 Å². The first-order valence-electron chi connectivity index (χ1n) is 24.0. The molecule has 14 rings (SSSR count). The SMILES string of the molecule is c1ccc(-c2ccc(-c3nc(-c4ccccc4)cc(-c4cccc(-c5ccc6c(c5)c5cc7c(cc5n6-c5ccc6c(c5)sc5ccccc56)-c5ccccc5C75CCCCC5)c4)n3)cc2)cc1. The van der Waals surface area contributed by atoms with Gasteiger partial charge in [-0.1, -0.05) is 177 Å². The third-order valence-electron chi connectivity index (χ3n) is 15.0.